The highest BCUT2D eigenvalue weighted by Crippen LogP contribution is 2.42. The highest BCUT2D eigenvalue weighted by atomic mass is 32.1. The first kappa shape index (κ1) is 32.3. The second kappa shape index (κ2) is 12.8. The molecule has 0 spiro atoms. The number of hydrogen-bond donors (Lipinski definition) is 0. The van der Waals surface area contributed by atoms with Gasteiger partial charge in [-0.2, -0.15) is 0 Å². The molecule has 12 aromatic rings. The van der Waals surface area contributed by atoms with Crippen LogP contribution in [0.15, 0.2) is 182 Å². The van der Waals surface area contributed by atoms with Gasteiger partial charge in [-0.25, -0.2) is 15.0 Å². The van der Waals surface area contributed by atoms with Crippen LogP contribution in [0.25, 0.3) is 113 Å². The van der Waals surface area contributed by atoms with Gasteiger partial charge in [-0.05, 0) is 59.7 Å². The van der Waals surface area contributed by atoms with Crippen LogP contribution in [0.4, 0.5) is 0 Å². The summed E-state index contributed by atoms with van der Waals surface area (Å²) in [6.45, 7) is 0. The van der Waals surface area contributed by atoms with Crippen LogP contribution in [-0.4, -0.2) is 19.5 Å². The van der Waals surface area contributed by atoms with Crippen LogP contribution in [0.1, 0.15) is 0 Å². The summed E-state index contributed by atoms with van der Waals surface area (Å²) in [5, 5.41) is 7.41. The van der Waals surface area contributed by atoms with Crippen LogP contribution in [-0.2, 0) is 0 Å². The van der Waals surface area contributed by atoms with Crippen molar-refractivity contribution < 1.29 is 0 Å². The van der Waals surface area contributed by atoms with E-state index in [1.807, 2.05) is 29.5 Å². The van der Waals surface area contributed by atoms with Crippen LogP contribution in [0, 0.1) is 0 Å². The molecule has 0 saturated heterocycles. The van der Waals surface area contributed by atoms with E-state index in [9.17, 15) is 0 Å². The fourth-order valence-electron chi connectivity index (χ4n) is 8.40. The van der Waals surface area contributed by atoms with Crippen LogP contribution in [0.3, 0.4) is 0 Å². The van der Waals surface area contributed by atoms with E-state index in [1.165, 1.54) is 73.3 Å². The molecule has 0 aliphatic rings. The zero-order valence-electron chi connectivity index (χ0n) is 30.4. The summed E-state index contributed by atoms with van der Waals surface area (Å²) in [4.78, 5) is 15.4. The minimum atomic E-state index is 0.663. The van der Waals surface area contributed by atoms with Gasteiger partial charge in [0.25, 0.3) is 0 Å². The van der Waals surface area contributed by atoms with Crippen LogP contribution in [0.2, 0.25) is 0 Å². The van der Waals surface area contributed by atoms with E-state index in [-0.39, 0.29) is 0 Å². The zero-order valence-corrected chi connectivity index (χ0v) is 32.1. The molecule has 4 nitrogen and oxygen atoms in total. The number of benzene rings is 8. The molecule has 8 aromatic carbocycles. The molecule has 0 aliphatic heterocycles. The van der Waals surface area contributed by atoms with Gasteiger partial charge in [0.1, 0.15) is 0 Å². The summed E-state index contributed by atoms with van der Waals surface area (Å²) in [5.41, 5.74) is 8.92. The molecule has 12 rings (SSSR count). The van der Waals surface area contributed by atoms with E-state index in [2.05, 4.69) is 168 Å². The smallest absolute Gasteiger partial charge is 0.164 e. The lowest BCUT2D eigenvalue weighted by Gasteiger charge is -2.10. The third-order valence-electron chi connectivity index (χ3n) is 11.1. The monoisotopic (exact) mass is 762 g/mol. The fraction of sp³-hybridized carbons (Fsp3) is 0. The summed E-state index contributed by atoms with van der Waals surface area (Å²) < 4.78 is 7.31. The molecule has 6 heteroatoms. The number of nitrogens with zero attached hydrogens (tertiary/aromatic N) is 4. The van der Waals surface area contributed by atoms with E-state index in [0.29, 0.717) is 17.5 Å². The Bertz CT molecular complexity index is 3530. The maximum Gasteiger partial charge on any atom is 0.164 e. The van der Waals surface area contributed by atoms with E-state index < -0.39 is 0 Å². The van der Waals surface area contributed by atoms with Gasteiger partial charge in [0.2, 0.25) is 0 Å². The van der Waals surface area contributed by atoms with Crippen LogP contribution < -0.4 is 0 Å². The maximum atomic E-state index is 5.20. The average molecular weight is 763 g/mol. The molecule has 4 aromatic heterocycles. The van der Waals surface area contributed by atoms with Crippen molar-refractivity contribution in [2.75, 3.05) is 0 Å². The SMILES string of the molecule is c1ccc(-c2nc(-c3ccc4c(c3)sc3cc(-c5ccc6c7ccccc7n(-c7ccccc7)c6c5)ccc34)nc(-c3cccc4sc5ccccc5c34)n2)cc1. The number of hydrogen-bond acceptors (Lipinski definition) is 5. The van der Waals surface area contributed by atoms with E-state index in [4.69, 9.17) is 15.0 Å². The molecule has 0 N–H and O–H groups in total. The Morgan fingerprint density at radius 2 is 0.895 bits per heavy atom. The van der Waals surface area contributed by atoms with Crippen molar-refractivity contribution in [2.24, 2.45) is 0 Å². The Labute approximate surface area is 335 Å². The standard InChI is InChI=1S/C51H30N4S2/c1-3-12-31(13-4-1)49-52-50(54-51(53-49)41-18-11-21-45-48(41)40-17-8-10-20-44(40)56-45)34-24-27-39-38-26-23-33(29-46(38)57-47(39)30-34)32-22-25-37-36-16-7-9-19-42(36)55(43(37)28-32)35-14-5-2-6-15-35/h1-30H. The molecule has 0 atom stereocenters. The normalized spacial score (nSPS) is 11.9. The second-order valence-electron chi connectivity index (χ2n) is 14.4. The van der Waals surface area contributed by atoms with Crippen LogP contribution in [0.5, 0.6) is 0 Å². The number of thiophene rings is 2. The Kier molecular flexibility index (Phi) is 7.24. The fourth-order valence-corrected chi connectivity index (χ4v) is 10.7. The number of rotatable bonds is 5. The first-order valence-corrected chi connectivity index (χ1v) is 20.6. The van der Waals surface area contributed by atoms with Gasteiger partial charge in [0.05, 0.1) is 11.0 Å². The molecule has 0 fully saturated rings. The van der Waals surface area contributed by atoms with Crippen LogP contribution >= 0.6 is 22.7 Å². The van der Waals surface area contributed by atoms with Crippen molar-refractivity contribution >= 4 is 84.8 Å². The van der Waals surface area contributed by atoms with Crippen molar-refractivity contribution in [3.63, 3.8) is 0 Å². The molecule has 266 valence electrons. The molecular weight excluding hydrogens is 733 g/mol. The predicted molar refractivity (Wildman–Crippen MR) is 242 cm³/mol. The van der Waals surface area contributed by atoms with Crippen molar-refractivity contribution in [3.8, 4) is 51.0 Å². The van der Waals surface area contributed by atoms with Gasteiger partial charge < -0.3 is 4.57 Å². The van der Waals surface area contributed by atoms with Gasteiger partial charge in [0, 0.05) is 73.5 Å². The highest BCUT2D eigenvalue weighted by Gasteiger charge is 2.18. The number of aromatic nitrogens is 4. The lowest BCUT2D eigenvalue weighted by Crippen LogP contribution is -2.00. The van der Waals surface area contributed by atoms with Gasteiger partial charge >= 0.3 is 0 Å². The Hall–Kier alpha value is -6.99. The quantitative estimate of drug-likeness (QED) is 0.175. The van der Waals surface area contributed by atoms with Crippen molar-refractivity contribution in [1.29, 1.82) is 0 Å². The number of fused-ring (bicyclic) bond motifs is 9. The lowest BCUT2D eigenvalue weighted by atomic mass is 10.0. The van der Waals surface area contributed by atoms with Gasteiger partial charge in [0.15, 0.2) is 17.5 Å². The maximum absolute atomic E-state index is 5.20. The molecule has 57 heavy (non-hydrogen) atoms. The van der Waals surface area contributed by atoms with Gasteiger partial charge in [-0.1, -0.05) is 133 Å². The highest BCUT2D eigenvalue weighted by molar-refractivity contribution is 7.26. The summed E-state index contributed by atoms with van der Waals surface area (Å²) in [6.07, 6.45) is 0. The lowest BCUT2D eigenvalue weighted by molar-refractivity contribution is 1.08. The molecule has 0 radical (unpaired) electrons. The third-order valence-corrected chi connectivity index (χ3v) is 13.3. The molecular formula is C51H30N4S2. The van der Waals surface area contributed by atoms with Crippen molar-refractivity contribution in [2.45, 2.75) is 0 Å². The minimum Gasteiger partial charge on any atom is -0.309 e. The molecule has 0 aliphatic carbocycles. The Morgan fingerprint density at radius 1 is 0.333 bits per heavy atom. The largest absolute Gasteiger partial charge is 0.309 e. The van der Waals surface area contributed by atoms with Crippen molar-refractivity contribution in [3.05, 3.63) is 182 Å². The second-order valence-corrected chi connectivity index (χ2v) is 16.6. The Morgan fingerprint density at radius 3 is 1.70 bits per heavy atom. The third kappa shape index (κ3) is 5.22. The molecule has 0 bridgehead atoms. The molecule has 0 amide bonds. The topological polar surface area (TPSA) is 43.6 Å². The Balaban J connectivity index is 0.986. The van der Waals surface area contributed by atoms with Crippen molar-refractivity contribution in [1.82, 2.24) is 19.5 Å². The van der Waals surface area contributed by atoms with Gasteiger partial charge in [-0.15, -0.1) is 22.7 Å². The summed E-state index contributed by atoms with van der Waals surface area (Å²) in [6, 6.07) is 65.0. The van der Waals surface area contributed by atoms with E-state index >= 15 is 0 Å². The summed E-state index contributed by atoms with van der Waals surface area (Å²) in [5.74, 6) is 2.01. The van der Waals surface area contributed by atoms with E-state index in [0.717, 1.165) is 22.4 Å². The number of para-hydroxylation sites is 2. The zero-order chi connectivity index (χ0) is 37.5. The summed E-state index contributed by atoms with van der Waals surface area (Å²) >= 11 is 3.62. The minimum absolute atomic E-state index is 0.663. The first-order chi connectivity index (χ1) is 28.2. The first-order valence-electron chi connectivity index (χ1n) is 19.0. The molecule has 0 saturated carbocycles. The van der Waals surface area contributed by atoms with E-state index in [1.54, 1.807) is 11.3 Å². The average Bonchev–Trinajstić information content (AvgIpc) is 3.95. The van der Waals surface area contributed by atoms with Gasteiger partial charge in [-0.3, -0.25) is 0 Å². The summed E-state index contributed by atoms with van der Waals surface area (Å²) in [7, 11) is 0. The molecule has 0 unspecified atom stereocenters. The molecule has 4 heterocycles. The predicted octanol–water partition coefficient (Wildman–Crippen LogP) is 14.4.